The smallest absolute Gasteiger partial charge is 0.0659 e. The standard InChI is InChI=1S/C85H126S8/c1-7-13-19-25-29-33-37-43-61-86-81-82(87-62-44-38-34-30-26-20-14-8-2)91-79(90-81)65-69-47-51-71(52-48-69)73-55-57-75-76-58-56-74(68-78(76)85(77(75)67-73,59-41-23-17-11-5)60-42-24-18-12-6)72-53-49-70(50-54-72)66-80-92-83(88-63-45-39-35-31-27-21-15-9-3)84(93-80)89-64-46-40-36-32-28-22-16-10-4/h47-58,65-68H,7-46,59-64H2,1-6H3. The summed E-state index contributed by atoms with van der Waals surface area (Å²) in [5.41, 5.74) is 14.1. The van der Waals surface area contributed by atoms with Gasteiger partial charge in [-0.05, 0) is 141 Å². The summed E-state index contributed by atoms with van der Waals surface area (Å²) in [6, 6.07) is 34.4. The Morgan fingerprint density at radius 2 is 0.505 bits per heavy atom. The molecule has 0 aromatic heterocycles. The van der Waals surface area contributed by atoms with Crippen molar-refractivity contribution in [2.24, 2.45) is 0 Å². The molecule has 0 nitrogen and oxygen atoms in total. The Kier molecular flexibility index (Phi) is 41.1. The van der Waals surface area contributed by atoms with Crippen LogP contribution in [0.3, 0.4) is 0 Å². The van der Waals surface area contributed by atoms with Gasteiger partial charge in [0.15, 0.2) is 0 Å². The van der Waals surface area contributed by atoms with Crippen LogP contribution in [0, 0.1) is 0 Å². The predicted octanol–water partition coefficient (Wildman–Crippen LogP) is 32.5. The molecule has 93 heavy (non-hydrogen) atoms. The highest BCUT2D eigenvalue weighted by Crippen LogP contribution is 2.60. The highest BCUT2D eigenvalue weighted by Gasteiger charge is 2.43. The van der Waals surface area contributed by atoms with Crippen LogP contribution < -0.4 is 0 Å². The maximum absolute atomic E-state index is 2.65. The molecular formula is C85H126S8. The molecule has 0 unspecified atom stereocenters. The van der Waals surface area contributed by atoms with E-state index in [1.165, 1.54) is 346 Å². The summed E-state index contributed by atoms with van der Waals surface area (Å²) >= 11 is 16.8. The summed E-state index contributed by atoms with van der Waals surface area (Å²) in [6.07, 6.45) is 62.1. The van der Waals surface area contributed by atoms with Gasteiger partial charge in [0.1, 0.15) is 0 Å². The fourth-order valence-corrected chi connectivity index (χ4v) is 25.5. The molecule has 0 radical (unpaired) electrons. The fraction of sp³-hybridized carbons (Fsp3) is 0.624. The van der Waals surface area contributed by atoms with Crippen LogP contribution in [0.2, 0.25) is 0 Å². The second-order valence-electron chi connectivity index (χ2n) is 27.2. The van der Waals surface area contributed by atoms with Crippen molar-refractivity contribution < 1.29 is 0 Å². The van der Waals surface area contributed by atoms with E-state index in [0.717, 1.165) is 0 Å². The molecular weight excluding hydrogens is 1280 g/mol. The van der Waals surface area contributed by atoms with E-state index in [4.69, 9.17) is 0 Å². The molecule has 0 fully saturated rings. The minimum absolute atomic E-state index is 0.00256. The second-order valence-corrected chi connectivity index (χ2v) is 37.4. The summed E-state index contributed by atoms with van der Waals surface area (Å²) in [6.45, 7) is 14.0. The number of fused-ring (bicyclic) bond motifs is 3. The molecule has 4 aromatic rings. The van der Waals surface area contributed by atoms with E-state index in [1.54, 1.807) is 28.1 Å². The number of hydrogen-bond donors (Lipinski definition) is 0. The number of rotatable bonds is 54. The van der Waals surface area contributed by atoms with Crippen LogP contribution in [0.1, 0.15) is 333 Å². The van der Waals surface area contributed by atoms with E-state index in [0.29, 0.717) is 0 Å². The topological polar surface area (TPSA) is 0 Å². The molecule has 0 spiro atoms. The molecule has 0 saturated carbocycles. The van der Waals surface area contributed by atoms with Gasteiger partial charge in [0, 0.05) is 5.41 Å². The first kappa shape index (κ1) is 79.0. The van der Waals surface area contributed by atoms with Crippen LogP contribution in [-0.2, 0) is 5.41 Å². The first-order valence-corrected chi connectivity index (χ1v) is 45.8. The lowest BCUT2D eigenvalue weighted by atomic mass is 9.70. The zero-order valence-electron chi connectivity index (χ0n) is 59.5. The van der Waals surface area contributed by atoms with Gasteiger partial charge in [-0.3, -0.25) is 0 Å². The molecule has 4 aromatic carbocycles. The highest BCUT2D eigenvalue weighted by atomic mass is 32.3. The summed E-state index contributed by atoms with van der Waals surface area (Å²) < 4.78 is 9.15. The van der Waals surface area contributed by atoms with Crippen LogP contribution >= 0.6 is 94.1 Å². The average molecular weight is 1400 g/mol. The van der Waals surface area contributed by atoms with Gasteiger partial charge in [-0.15, -0.1) is 47.0 Å². The largest absolute Gasteiger partial charge is 0.117 e. The van der Waals surface area contributed by atoms with Crippen LogP contribution in [0.5, 0.6) is 0 Å². The summed E-state index contributed by atoms with van der Waals surface area (Å²) in [5.74, 6) is 4.99. The van der Waals surface area contributed by atoms with Crippen molar-refractivity contribution in [3.63, 3.8) is 0 Å². The van der Waals surface area contributed by atoms with Crippen molar-refractivity contribution in [1.29, 1.82) is 0 Å². The molecule has 0 amide bonds. The second kappa shape index (κ2) is 48.4. The zero-order valence-corrected chi connectivity index (χ0v) is 66.1. The van der Waals surface area contributed by atoms with Crippen molar-refractivity contribution in [2.45, 2.75) is 317 Å². The maximum Gasteiger partial charge on any atom is 0.0659 e. The minimum atomic E-state index is 0.00256. The first-order chi connectivity index (χ1) is 45.9. The van der Waals surface area contributed by atoms with E-state index >= 15 is 0 Å². The van der Waals surface area contributed by atoms with Gasteiger partial charge in [0.05, 0.1) is 25.4 Å². The van der Waals surface area contributed by atoms with Crippen LogP contribution in [0.15, 0.2) is 110 Å². The molecule has 0 bridgehead atoms. The van der Waals surface area contributed by atoms with Crippen molar-refractivity contribution in [3.05, 3.63) is 133 Å². The van der Waals surface area contributed by atoms with Crippen molar-refractivity contribution in [2.75, 3.05) is 23.0 Å². The van der Waals surface area contributed by atoms with Crippen LogP contribution in [0.25, 0.3) is 45.5 Å². The zero-order chi connectivity index (χ0) is 65.2. The van der Waals surface area contributed by atoms with Gasteiger partial charge in [-0.1, -0.05) is 393 Å². The quantitative estimate of drug-likeness (QED) is 0.0396. The fourth-order valence-electron chi connectivity index (χ4n) is 13.7. The molecule has 1 aliphatic carbocycles. The number of thioether (sulfide) groups is 8. The predicted molar refractivity (Wildman–Crippen MR) is 442 cm³/mol. The number of benzene rings is 4. The van der Waals surface area contributed by atoms with Gasteiger partial charge >= 0.3 is 0 Å². The van der Waals surface area contributed by atoms with Crippen molar-refractivity contribution >= 4 is 106 Å². The maximum atomic E-state index is 2.65. The van der Waals surface area contributed by atoms with Gasteiger partial charge in [0.25, 0.3) is 0 Å². The van der Waals surface area contributed by atoms with Crippen molar-refractivity contribution in [1.82, 2.24) is 0 Å². The van der Waals surface area contributed by atoms with Crippen molar-refractivity contribution in [3.8, 4) is 33.4 Å². The number of hydrogen-bond acceptors (Lipinski definition) is 8. The molecule has 514 valence electrons. The van der Waals surface area contributed by atoms with Gasteiger partial charge in [-0.25, -0.2) is 0 Å². The summed E-state index contributed by atoms with van der Waals surface area (Å²) in [7, 11) is 0. The molecule has 2 heterocycles. The third-order valence-corrected chi connectivity index (χ3v) is 30.5. The normalized spacial score (nSPS) is 14.3. The van der Waals surface area contributed by atoms with Gasteiger partial charge < -0.3 is 0 Å². The monoisotopic (exact) mass is 1400 g/mol. The first-order valence-electron chi connectivity index (χ1n) is 38.6. The van der Waals surface area contributed by atoms with Crippen LogP contribution in [-0.4, -0.2) is 23.0 Å². The average Bonchev–Trinajstić information content (AvgIpc) is 1.58. The van der Waals surface area contributed by atoms with E-state index < -0.39 is 0 Å². The molecule has 2 aliphatic heterocycles. The highest BCUT2D eigenvalue weighted by molar-refractivity contribution is 8.41. The summed E-state index contributed by atoms with van der Waals surface area (Å²) in [4.78, 5) is 0. The minimum Gasteiger partial charge on any atom is -0.117 e. The molecule has 0 N–H and O–H groups in total. The lowest BCUT2D eigenvalue weighted by molar-refractivity contribution is 0.401. The molecule has 3 aliphatic rings. The lowest BCUT2D eigenvalue weighted by Gasteiger charge is -2.33. The van der Waals surface area contributed by atoms with Gasteiger partial charge in [-0.2, -0.15) is 0 Å². The third-order valence-electron chi connectivity index (χ3n) is 19.4. The Morgan fingerprint density at radius 3 is 0.774 bits per heavy atom. The van der Waals surface area contributed by atoms with E-state index in [1.807, 2.05) is 0 Å². The number of unbranched alkanes of at least 4 members (excludes halogenated alkanes) is 34. The molecule has 0 atom stereocenters. The Balaban J connectivity index is 1.05. The Morgan fingerprint density at radius 1 is 0.269 bits per heavy atom. The van der Waals surface area contributed by atoms with E-state index in [2.05, 4.69) is 233 Å². The Hall–Kier alpha value is -1.36. The Labute approximate surface area is 606 Å². The third kappa shape index (κ3) is 28.3. The SMILES string of the molecule is CCCCCCCCCCSC1=C(SCCCCCCCCCC)SC(=Cc2ccc(-c3ccc4c(c3)C(CCCCCC)(CCCCCC)c3cc(-c5ccc(C=C6SC(SCCCCCCCCCC)=C(SCCCCCCCCCC)S6)cc5)ccc3-4)cc2)S1. The van der Waals surface area contributed by atoms with Crippen LogP contribution in [0.4, 0.5) is 0 Å². The van der Waals surface area contributed by atoms with E-state index in [-0.39, 0.29) is 5.41 Å². The molecule has 0 saturated heterocycles. The van der Waals surface area contributed by atoms with E-state index in [9.17, 15) is 0 Å². The molecule has 8 heteroatoms. The Bertz CT molecular complexity index is 2540. The lowest BCUT2D eigenvalue weighted by Crippen LogP contribution is -2.25. The summed E-state index contributed by atoms with van der Waals surface area (Å²) in [5, 5.41) is 0. The molecule has 7 rings (SSSR count). The van der Waals surface area contributed by atoms with Gasteiger partial charge in [0.2, 0.25) is 0 Å².